The second-order valence-corrected chi connectivity index (χ2v) is 6.57. The van der Waals surface area contributed by atoms with Gasteiger partial charge in [-0.3, -0.25) is 19.4 Å². The molecule has 0 spiro atoms. The second kappa shape index (κ2) is 6.75. The Bertz CT molecular complexity index is 391. The van der Waals surface area contributed by atoms with Crippen LogP contribution in [0.15, 0.2) is 0 Å². The molecule has 0 saturated carbocycles. The highest BCUT2D eigenvalue weighted by Gasteiger charge is 2.36. The van der Waals surface area contributed by atoms with E-state index < -0.39 is 0 Å². The number of rotatable bonds is 3. The lowest BCUT2D eigenvalue weighted by Gasteiger charge is -2.39. The fraction of sp³-hybridized carbons (Fsp3) is 0.867. The zero-order valence-corrected chi connectivity index (χ0v) is 13.7. The van der Waals surface area contributed by atoms with Crippen molar-refractivity contribution in [2.75, 3.05) is 59.9 Å². The largest absolute Gasteiger partial charge is 0.348 e. The van der Waals surface area contributed by atoms with Crippen molar-refractivity contribution in [2.45, 2.75) is 19.9 Å². The van der Waals surface area contributed by atoms with E-state index in [1.54, 1.807) is 25.9 Å². The summed E-state index contributed by atoms with van der Waals surface area (Å²) in [6.07, 6.45) is 0. The van der Waals surface area contributed by atoms with E-state index >= 15 is 0 Å². The molecule has 2 aliphatic rings. The molecule has 0 aromatic rings. The summed E-state index contributed by atoms with van der Waals surface area (Å²) in [5.74, 6) is 0.917. The van der Waals surface area contributed by atoms with Crippen molar-refractivity contribution in [1.29, 1.82) is 0 Å². The number of likely N-dealkylation sites (tertiary alicyclic amines) is 1. The molecule has 0 aliphatic carbocycles. The lowest BCUT2D eigenvalue weighted by molar-refractivity contribution is -0.131. The highest BCUT2D eigenvalue weighted by atomic mass is 16.2. The number of hydrogen-bond acceptors (Lipinski definition) is 4. The number of piperazine rings is 1. The zero-order chi connectivity index (χ0) is 15.6. The number of amides is 2. The minimum atomic E-state index is 0.171. The number of hydrogen-bond donors (Lipinski definition) is 0. The molecule has 2 amide bonds. The average Bonchev–Trinajstić information content (AvgIpc) is 2.79. The van der Waals surface area contributed by atoms with Crippen molar-refractivity contribution in [3.8, 4) is 0 Å². The summed E-state index contributed by atoms with van der Waals surface area (Å²) in [6, 6.07) is 0.508. The van der Waals surface area contributed by atoms with Gasteiger partial charge < -0.3 is 9.80 Å². The molecule has 0 aromatic heterocycles. The molecule has 2 fully saturated rings. The van der Waals surface area contributed by atoms with Gasteiger partial charge in [0.2, 0.25) is 11.8 Å². The van der Waals surface area contributed by atoms with Gasteiger partial charge >= 0.3 is 0 Å². The van der Waals surface area contributed by atoms with Crippen LogP contribution in [0.3, 0.4) is 0 Å². The summed E-state index contributed by atoms with van der Waals surface area (Å²) >= 11 is 0. The maximum absolute atomic E-state index is 11.8. The Labute approximate surface area is 127 Å². The van der Waals surface area contributed by atoms with Gasteiger partial charge in [0.25, 0.3) is 0 Å². The summed E-state index contributed by atoms with van der Waals surface area (Å²) in [5, 5.41) is 0. The van der Waals surface area contributed by atoms with Gasteiger partial charge in [0.15, 0.2) is 0 Å². The monoisotopic (exact) mass is 296 g/mol. The quantitative estimate of drug-likeness (QED) is 0.708. The van der Waals surface area contributed by atoms with Crippen molar-refractivity contribution >= 4 is 11.8 Å². The molecule has 2 atom stereocenters. The number of carbonyl (C=O) groups excluding carboxylic acids is 2. The van der Waals surface area contributed by atoms with Crippen molar-refractivity contribution in [3.05, 3.63) is 0 Å². The van der Waals surface area contributed by atoms with Crippen LogP contribution in [0.4, 0.5) is 0 Å². The first-order valence-corrected chi connectivity index (χ1v) is 7.80. The van der Waals surface area contributed by atoms with Gasteiger partial charge in [-0.25, -0.2) is 0 Å². The zero-order valence-electron chi connectivity index (χ0n) is 13.7. The van der Waals surface area contributed by atoms with Crippen molar-refractivity contribution < 1.29 is 9.59 Å². The molecule has 6 heteroatoms. The van der Waals surface area contributed by atoms with Gasteiger partial charge in [0.1, 0.15) is 0 Å². The molecule has 21 heavy (non-hydrogen) atoms. The number of likely N-dealkylation sites (N-methyl/N-ethyl adjacent to an activating group) is 1. The van der Waals surface area contributed by atoms with Gasteiger partial charge in [0.05, 0.1) is 6.54 Å². The third kappa shape index (κ3) is 3.95. The molecule has 2 aliphatic heterocycles. The van der Waals surface area contributed by atoms with E-state index in [2.05, 4.69) is 16.7 Å². The first-order chi connectivity index (χ1) is 9.88. The molecule has 2 heterocycles. The second-order valence-electron chi connectivity index (χ2n) is 6.57. The molecule has 0 radical (unpaired) electrons. The maximum Gasteiger partial charge on any atom is 0.236 e. The van der Waals surface area contributed by atoms with E-state index in [0.29, 0.717) is 18.5 Å². The Hall–Kier alpha value is -1.14. The number of carbonyl (C=O) groups is 2. The summed E-state index contributed by atoms with van der Waals surface area (Å²) in [6.45, 7) is 9.92. The Kier molecular flexibility index (Phi) is 5.22. The molecule has 0 unspecified atom stereocenters. The van der Waals surface area contributed by atoms with Crippen LogP contribution >= 0.6 is 0 Å². The fourth-order valence-corrected chi connectivity index (χ4v) is 3.35. The molecular formula is C15H28N4O2. The van der Waals surface area contributed by atoms with Gasteiger partial charge in [0, 0.05) is 66.3 Å². The van der Waals surface area contributed by atoms with Crippen LogP contribution in [-0.4, -0.2) is 97.4 Å². The average molecular weight is 296 g/mol. The van der Waals surface area contributed by atoms with Crippen LogP contribution in [-0.2, 0) is 9.59 Å². The molecule has 2 saturated heterocycles. The normalized spacial score (nSPS) is 27.9. The van der Waals surface area contributed by atoms with Crippen LogP contribution in [0.2, 0.25) is 0 Å². The maximum atomic E-state index is 11.8. The Balaban J connectivity index is 1.85. The van der Waals surface area contributed by atoms with Crippen LogP contribution in [0.25, 0.3) is 0 Å². The van der Waals surface area contributed by atoms with Gasteiger partial charge in [-0.2, -0.15) is 0 Å². The van der Waals surface area contributed by atoms with Crippen LogP contribution in [0, 0.1) is 5.92 Å². The van der Waals surface area contributed by atoms with Crippen molar-refractivity contribution in [3.63, 3.8) is 0 Å². The van der Waals surface area contributed by atoms with E-state index in [4.69, 9.17) is 0 Å². The highest BCUT2D eigenvalue weighted by Crippen LogP contribution is 2.22. The van der Waals surface area contributed by atoms with E-state index in [9.17, 15) is 9.59 Å². The van der Waals surface area contributed by atoms with Gasteiger partial charge in [-0.05, 0) is 5.92 Å². The standard InChI is InChI=1S/C15H28N4O2/c1-12-9-17(11-15(21)16(3)4)10-14(12)19-7-5-18(6-8-19)13(2)20/h12,14H,5-11H2,1-4H3/t12-,14-/m0/s1. The number of nitrogens with zero attached hydrogens (tertiary/aromatic N) is 4. The predicted octanol–water partition coefficient (Wildman–Crippen LogP) is -0.441. The fourth-order valence-electron chi connectivity index (χ4n) is 3.35. The summed E-state index contributed by atoms with van der Waals surface area (Å²) in [4.78, 5) is 31.5. The van der Waals surface area contributed by atoms with E-state index in [0.717, 1.165) is 39.3 Å². The summed E-state index contributed by atoms with van der Waals surface area (Å²) in [5.41, 5.74) is 0. The summed E-state index contributed by atoms with van der Waals surface area (Å²) < 4.78 is 0. The van der Waals surface area contributed by atoms with Crippen LogP contribution < -0.4 is 0 Å². The minimum absolute atomic E-state index is 0.171. The lowest BCUT2D eigenvalue weighted by atomic mass is 10.0. The molecule has 0 bridgehead atoms. The van der Waals surface area contributed by atoms with E-state index in [1.165, 1.54) is 0 Å². The molecule has 2 rings (SSSR count). The molecule has 0 aromatic carbocycles. The van der Waals surface area contributed by atoms with E-state index in [1.807, 2.05) is 4.90 Å². The third-order valence-electron chi connectivity index (χ3n) is 4.73. The van der Waals surface area contributed by atoms with Crippen molar-refractivity contribution in [1.82, 2.24) is 19.6 Å². The van der Waals surface area contributed by atoms with Gasteiger partial charge in [-0.1, -0.05) is 6.92 Å². The smallest absolute Gasteiger partial charge is 0.236 e. The van der Waals surface area contributed by atoms with Gasteiger partial charge in [-0.15, -0.1) is 0 Å². The SMILES string of the molecule is CC(=O)N1CCN([C@H]2CN(CC(=O)N(C)C)C[C@@H]2C)CC1. The van der Waals surface area contributed by atoms with Crippen LogP contribution in [0.1, 0.15) is 13.8 Å². The lowest BCUT2D eigenvalue weighted by Crippen LogP contribution is -2.53. The van der Waals surface area contributed by atoms with Crippen LogP contribution in [0.5, 0.6) is 0 Å². The Morgan fingerprint density at radius 1 is 1.10 bits per heavy atom. The minimum Gasteiger partial charge on any atom is -0.348 e. The first kappa shape index (κ1) is 16.2. The Morgan fingerprint density at radius 3 is 2.24 bits per heavy atom. The molecule has 6 nitrogen and oxygen atoms in total. The predicted molar refractivity (Wildman–Crippen MR) is 81.9 cm³/mol. The molecule has 0 N–H and O–H groups in total. The third-order valence-corrected chi connectivity index (χ3v) is 4.73. The topological polar surface area (TPSA) is 47.1 Å². The highest BCUT2D eigenvalue weighted by molar-refractivity contribution is 5.77. The van der Waals surface area contributed by atoms with E-state index in [-0.39, 0.29) is 11.8 Å². The first-order valence-electron chi connectivity index (χ1n) is 7.80. The van der Waals surface area contributed by atoms with Crippen molar-refractivity contribution in [2.24, 2.45) is 5.92 Å². The Morgan fingerprint density at radius 2 is 1.71 bits per heavy atom. The summed E-state index contributed by atoms with van der Waals surface area (Å²) in [7, 11) is 3.61. The molecular weight excluding hydrogens is 268 g/mol. The molecule has 120 valence electrons.